The van der Waals surface area contributed by atoms with E-state index in [1.807, 2.05) is 18.2 Å². The van der Waals surface area contributed by atoms with Crippen molar-refractivity contribution in [2.45, 2.75) is 10.9 Å². The van der Waals surface area contributed by atoms with E-state index in [9.17, 15) is 0 Å². The third kappa shape index (κ3) is 2.96. The number of alkyl halides is 1. The number of hydrogen-bond acceptors (Lipinski definition) is 2. The Kier molecular flexibility index (Phi) is 4.93. The van der Waals surface area contributed by atoms with Gasteiger partial charge in [0.15, 0.2) is 0 Å². The lowest BCUT2D eigenvalue weighted by Crippen LogP contribution is -2.38. The standard InChI is InChI=1S/C26H20BrN3/c27-19-20-16-17-25-24(18-20)28-29-30(25)26(21-10-4-1-5-11-21,22-12-6-2-7-13-22)23-14-8-3-9-15-23/h1-18H,19H2. The zero-order chi connectivity index (χ0) is 20.4. The number of rotatable bonds is 5. The van der Waals surface area contributed by atoms with Crippen LogP contribution in [0.25, 0.3) is 11.0 Å². The van der Waals surface area contributed by atoms with Crippen LogP contribution in [-0.2, 0) is 10.9 Å². The van der Waals surface area contributed by atoms with Crippen LogP contribution in [0.1, 0.15) is 22.3 Å². The summed E-state index contributed by atoms with van der Waals surface area (Å²) in [4.78, 5) is 0. The Morgan fingerprint density at radius 3 is 1.63 bits per heavy atom. The molecule has 0 amide bonds. The predicted octanol–water partition coefficient (Wildman–Crippen LogP) is 6.17. The Morgan fingerprint density at radius 1 is 0.667 bits per heavy atom. The van der Waals surface area contributed by atoms with Crippen LogP contribution in [-0.4, -0.2) is 15.0 Å². The molecule has 5 aromatic rings. The zero-order valence-corrected chi connectivity index (χ0v) is 17.9. The van der Waals surface area contributed by atoms with Crippen LogP contribution < -0.4 is 0 Å². The SMILES string of the molecule is BrCc1ccc2c(c1)nnn2C(c1ccccc1)(c1ccccc1)c1ccccc1. The second kappa shape index (κ2) is 7.88. The molecule has 30 heavy (non-hydrogen) atoms. The largest absolute Gasteiger partial charge is 0.225 e. The molecule has 0 saturated heterocycles. The molecule has 0 aliphatic heterocycles. The lowest BCUT2D eigenvalue weighted by Gasteiger charge is -2.36. The van der Waals surface area contributed by atoms with Crippen molar-refractivity contribution < 1.29 is 0 Å². The lowest BCUT2D eigenvalue weighted by atomic mass is 9.77. The maximum atomic E-state index is 4.72. The summed E-state index contributed by atoms with van der Waals surface area (Å²) in [5, 5.41) is 10.1. The summed E-state index contributed by atoms with van der Waals surface area (Å²) in [6, 6.07) is 38.0. The first kappa shape index (κ1) is 18.8. The maximum Gasteiger partial charge on any atom is 0.140 e. The number of fused-ring (bicyclic) bond motifs is 1. The Bertz CT molecular complexity index is 1170. The average molecular weight is 454 g/mol. The van der Waals surface area contributed by atoms with Gasteiger partial charge in [0.25, 0.3) is 0 Å². The van der Waals surface area contributed by atoms with Gasteiger partial charge in [-0.05, 0) is 34.4 Å². The minimum absolute atomic E-state index is 0.644. The highest BCUT2D eigenvalue weighted by molar-refractivity contribution is 9.08. The molecule has 4 heteroatoms. The lowest BCUT2D eigenvalue weighted by molar-refractivity contribution is 0.461. The van der Waals surface area contributed by atoms with Crippen LogP contribution in [0.5, 0.6) is 0 Å². The molecular weight excluding hydrogens is 434 g/mol. The second-order valence-corrected chi connectivity index (χ2v) is 7.83. The summed E-state index contributed by atoms with van der Waals surface area (Å²) < 4.78 is 2.07. The molecule has 0 aliphatic carbocycles. The monoisotopic (exact) mass is 453 g/mol. The molecule has 0 spiro atoms. The van der Waals surface area contributed by atoms with E-state index in [0.29, 0.717) is 0 Å². The number of nitrogens with zero attached hydrogens (tertiary/aromatic N) is 3. The average Bonchev–Trinajstić information content (AvgIpc) is 3.25. The van der Waals surface area contributed by atoms with E-state index in [-0.39, 0.29) is 0 Å². The first-order valence-corrected chi connectivity index (χ1v) is 11.0. The number of aromatic nitrogens is 3. The van der Waals surface area contributed by atoms with Gasteiger partial charge in [0, 0.05) is 5.33 Å². The third-order valence-electron chi connectivity index (χ3n) is 5.56. The fourth-order valence-electron chi connectivity index (χ4n) is 4.21. The number of hydrogen-bond donors (Lipinski definition) is 0. The summed E-state index contributed by atoms with van der Waals surface area (Å²) in [5.41, 5.74) is 5.83. The summed E-state index contributed by atoms with van der Waals surface area (Å²) >= 11 is 3.54. The van der Waals surface area contributed by atoms with E-state index in [2.05, 4.69) is 117 Å². The van der Waals surface area contributed by atoms with E-state index >= 15 is 0 Å². The highest BCUT2D eigenvalue weighted by Crippen LogP contribution is 2.41. The fourth-order valence-corrected chi connectivity index (χ4v) is 4.55. The van der Waals surface area contributed by atoms with Crippen LogP contribution in [0, 0.1) is 0 Å². The zero-order valence-electron chi connectivity index (χ0n) is 16.3. The first-order valence-electron chi connectivity index (χ1n) is 9.91. The van der Waals surface area contributed by atoms with Gasteiger partial charge in [0.1, 0.15) is 11.1 Å². The van der Waals surface area contributed by atoms with Crippen LogP contribution >= 0.6 is 15.9 Å². The van der Waals surface area contributed by atoms with Gasteiger partial charge >= 0.3 is 0 Å². The minimum atomic E-state index is -0.644. The molecule has 1 heterocycles. The molecule has 0 radical (unpaired) electrons. The van der Waals surface area contributed by atoms with Crippen molar-refractivity contribution in [2.24, 2.45) is 0 Å². The molecule has 3 nitrogen and oxygen atoms in total. The number of halogens is 1. The predicted molar refractivity (Wildman–Crippen MR) is 125 cm³/mol. The summed E-state index contributed by atoms with van der Waals surface area (Å²) in [7, 11) is 0. The van der Waals surface area contributed by atoms with Crippen molar-refractivity contribution in [3.8, 4) is 0 Å². The number of benzene rings is 4. The van der Waals surface area contributed by atoms with Gasteiger partial charge in [-0.15, -0.1) is 5.10 Å². The van der Waals surface area contributed by atoms with Crippen LogP contribution in [0.3, 0.4) is 0 Å². The van der Waals surface area contributed by atoms with Crippen molar-refractivity contribution in [1.29, 1.82) is 0 Å². The molecule has 0 N–H and O–H groups in total. The van der Waals surface area contributed by atoms with Gasteiger partial charge in [-0.25, -0.2) is 4.68 Å². The van der Waals surface area contributed by atoms with Crippen molar-refractivity contribution in [1.82, 2.24) is 15.0 Å². The Hall–Kier alpha value is -3.24. The maximum absolute atomic E-state index is 4.72. The molecular formula is C26H20BrN3. The van der Waals surface area contributed by atoms with Gasteiger partial charge < -0.3 is 0 Å². The van der Waals surface area contributed by atoms with Gasteiger partial charge in [0.2, 0.25) is 0 Å². The highest BCUT2D eigenvalue weighted by Gasteiger charge is 2.40. The Balaban J connectivity index is 1.92. The smallest absolute Gasteiger partial charge is 0.140 e. The van der Waals surface area contributed by atoms with Crippen molar-refractivity contribution in [3.05, 3.63) is 131 Å². The van der Waals surface area contributed by atoms with E-state index in [1.54, 1.807) is 0 Å². The summed E-state index contributed by atoms with van der Waals surface area (Å²) in [6.07, 6.45) is 0. The molecule has 0 atom stereocenters. The van der Waals surface area contributed by atoms with Crippen molar-refractivity contribution in [2.75, 3.05) is 0 Å². The van der Waals surface area contributed by atoms with E-state index in [0.717, 1.165) is 33.1 Å². The topological polar surface area (TPSA) is 30.7 Å². The molecule has 0 saturated carbocycles. The van der Waals surface area contributed by atoms with Crippen LogP contribution in [0.2, 0.25) is 0 Å². The van der Waals surface area contributed by atoms with Crippen molar-refractivity contribution >= 4 is 27.0 Å². The molecule has 0 bridgehead atoms. The highest BCUT2D eigenvalue weighted by atomic mass is 79.9. The van der Waals surface area contributed by atoms with Crippen LogP contribution in [0.4, 0.5) is 0 Å². The van der Waals surface area contributed by atoms with Gasteiger partial charge in [0.05, 0.1) is 5.52 Å². The van der Waals surface area contributed by atoms with E-state index in [1.165, 1.54) is 5.56 Å². The molecule has 0 aliphatic rings. The normalized spacial score (nSPS) is 11.6. The molecule has 5 rings (SSSR count). The van der Waals surface area contributed by atoms with Crippen LogP contribution in [0.15, 0.2) is 109 Å². The van der Waals surface area contributed by atoms with Gasteiger partial charge in [-0.2, -0.15) is 0 Å². The quantitative estimate of drug-likeness (QED) is 0.235. The third-order valence-corrected chi connectivity index (χ3v) is 6.20. The first-order chi connectivity index (χ1) is 14.8. The van der Waals surface area contributed by atoms with Gasteiger partial charge in [-0.1, -0.05) is 118 Å². The molecule has 146 valence electrons. The molecule has 4 aromatic carbocycles. The fraction of sp³-hybridized carbons (Fsp3) is 0.0769. The summed E-state index contributed by atoms with van der Waals surface area (Å²) in [6.45, 7) is 0. The van der Waals surface area contributed by atoms with Gasteiger partial charge in [-0.3, -0.25) is 0 Å². The molecule has 0 fully saturated rings. The molecule has 0 unspecified atom stereocenters. The van der Waals surface area contributed by atoms with E-state index < -0.39 is 5.54 Å². The Morgan fingerprint density at radius 2 is 1.17 bits per heavy atom. The summed E-state index contributed by atoms with van der Waals surface area (Å²) in [5.74, 6) is 0. The second-order valence-electron chi connectivity index (χ2n) is 7.27. The van der Waals surface area contributed by atoms with Crippen molar-refractivity contribution in [3.63, 3.8) is 0 Å². The minimum Gasteiger partial charge on any atom is -0.225 e. The Labute approximate surface area is 184 Å². The van der Waals surface area contributed by atoms with E-state index in [4.69, 9.17) is 5.21 Å². The molecule has 1 aromatic heterocycles.